The van der Waals surface area contributed by atoms with Crippen LogP contribution in [0.1, 0.15) is 42.7 Å². The maximum atomic E-state index is 12.6. The van der Waals surface area contributed by atoms with Gasteiger partial charge in [0, 0.05) is 22.4 Å². The molecule has 2 amide bonds. The first-order valence-corrected chi connectivity index (χ1v) is 8.38. The number of amides is 2. The molecule has 0 aliphatic heterocycles. The number of hydrogen-bond donors (Lipinski definition) is 4. The SMILES string of the molecule is CC(C)(C)C(=O)Nc1cc(N)cc(C(=O)NC(C(=O)O)c2ccccc2)c1. The zero-order valence-electron chi connectivity index (χ0n) is 15.4. The van der Waals surface area contributed by atoms with Crippen LogP contribution in [0.2, 0.25) is 0 Å². The monoisotopic (exact) mass is 369 g/mol. The Labute approximate surface area is 157 Å². The molecule has 1 unspecified atom stereocenters. The number of benzene rings is 2. The Morgan fingerprint density at radius 1 is 1.04 bits per heavy atom. The number of nitrogens with one attached hydrogen (secondary N) is 2. The molecule has 0 aromatic heterocycles. The van der Waals surface area contributed by atoms with Crippen LogP contribution >= 0.6 is 0 Å². The van der Waals surface area contributed by atoms with Crippen LogP contribution in [0, 0.1) is 5.41 Å². The lowest BCUT2D eigenvalue weighted by Crippen LogP contribution is -2.34. The van der Waals surface area contributed by atoms with Gasteiger partial charge in [0.05, 0.1) is 0 Å². The summed E-state index contributed by atoms with van der Waals surface area (Å²) in [6.07, 6.45) is 0. The number of nitrogen functional groups attached to an aromatic ring is 1. The van der Waals surface area contributed by atoms with Crippen molar-refractivity contribution in [3.8, 4) is 0 Å². The van der Waals surface area contributed by atoms with Gasteiger partial charge < -0.3 is 21.5 Å². The van der Waals surface area contributed by atoms with Crippen molar-refractivity contribution in [2.45, 2.75) is 26.8 Å². The number of aliphatic carboxylic acids is 1. The molecular weight excluding hydrogens is 346 g/mol. The van der Waals surface area contributed by atoms with E-state index in [4.69, 9.17) is 5.73 Å². The number of carbonyl (C=O) groups is 3. The van der Waals surface area contributed by atoms with Crippen molar-refractivity contribution < 1.29 is 19.5 Å². The standard InChI is InChI=1S/C20H23N3O4/c1-20(2,3)19(27)22-15-10-13(9-14(21)11-15)17(24)23-16(18(25)26)12-7-5-4-6-8-12/h4-11,16H,21H2,1-3H3,(H,22,27)(H,23,24)(H,25,26). The highest BCUT2D eigenvalue weighted by Gasteiger charge is 2.24. The van der Waals surface area contributed by atoms with E-state index in [0.29, 0.717) is 11.3 Å². The van der Waals surface area contributed by atoms with Crippen molar-refractivity contribution >= 4 is 29.2 Å². The third-order valence-corrected chi connectivity index (χ3v) is 3.81. The molecular formula is C20H23N3O4. The minimum Gasteiger partial charge on any atom is -0.479 e. The molecule has 7 heteroatoms. The van der Waals surface area contributed by atoms with Crippen LogP contribution in [0.15, 0.2) is 48.5 Å². The van der Waals surface area contributed by atoms with E-state index in [1.807, 2.05) is 0 Å². The number of carboxylic acids is 1. The van der Waals surface area contributed by atoms with Crippen LogP contribution in [-0.2, 0) is 9.59 Å². The average molecular weight is 369 g/mol. The smallest absolute Gasteiger partial charge is 0.330 e. The topological polar surface area (TPSA) is 122 Å². The summed E-state index contributed by atoms with van der Waals surface area (Å²) < 4.78 is 0. The Hall–Kier alpha value is -3.35. The molecule has 0 aliphatic rings. The lowest BCUT2D eigenvalue weighted by atomic mass is 9.95. The van der Waals surface area contributed by atoms with Gasteiger partial charge in [0.15, 0.2) is 6.04 Å². The van der Waals surface area contributed by atoms with Crippen LogP contribution in [0.4, 0.5) is 11.4 Å². The summed E-state index contributed by atoms with van der Waals surface area (Å²) in [5, 5.41) is 14.6. The van der Waals surface area contributed by atoms with Gasteiger partial charge in [-0.3, -0.25) is 9.59 Å². The molecule has 0 radical (unpaired) electrons. The highest BCUT2D eigenvalue weighted by molar-refractivity contribution is 6.00. The lowest BCUT2D eigenvalue weighted by Gasteiger charge is -2.19. The zero-order valence-corrected chi connectivity index (χ0v) is 15.4. The fourth-order valence-corrected chi connectivity index (χ4v) is 2.32. The molecule has 2 aromatic rings. The van der Waals surface area contributed by atoms with Gasteiger partial charge in [-0.05, 0) is 23.8 Å². The highest BCUT2D eigenvalue weighted by atomic mass is 16.4. The van der Waals surface area contributed by atoms with E-state index in [1.165, 1.54) is 18.2 Å². The van der Waals surface area contributed by atoms with Gasteiger partial charge in [0.2, 0.25) is 5.91 Å². The molecule has 2 rings (SSSR count). The Kier molecular flexibility index (Phi) is 5.85. The highest BCUT2D eigenvalue weighted by Crippen LogP contribution is 2.22. The van der Waals surface area contributed by atoms with Crippen molar-refractivity contribution in [3.63, 3.8) is 0 Å². The molecule has 0 aliphatic carbocycles. The Morgan fingerprint density at radius 2 is 1.67 bits per heavy atom. The number of nitrogens with two attached hydrogens (primary N) is 1. The molecule has 7 nitrogen and oxygen atoms in total. The molecule has 0 fully saturated rings. The number of rotatable bonds is 5. The van der Waals surface area contributed by atoms with Gasteiger partial charge in [-0.15, -0.1) is 0 Å². The second kappa shape index (κ2) is 7.90. The van der Waals surface area contributed by atoms with Gasteiger partial charge in [-0.2, -0.15) is 0 Å². The summed E-state index contributed by atoms with van der Waals surface area (Å²) in [6, 6.07) is 11.6. The summed E-state index contributed by atoms with van der Waals surface area (Å²) in [5.74, 6) is -2.02. The largest absolute Gasteiger partial charge is 0.479 e. The number of carboxylic acid groups (broad SMARTS) is 1. The zero-order chi connectivity index (χ0) is 20.2. The third kappa shape index (κ3) is 5.31. The van der Waals surface area contributed by atoms with E-state index >= 15 is 0 Å². The lowest BCUT2D eigenvalue weighted by molar-refractivity contribution is -0.139. The van der Waals surface area contributed by atoms with Gasteiger partial charge in [-0.25, -0.2) is 4.79 Å². The van der Waals surface area contributed by atoms with E-state index in [9.17, 15) is 19.5 Å². The Morgan fingerprint density at radius 3 is 2.22 bits per heavy atom. The van der Waals surface area contributed by atoms with E-state index in [0.717, 1.165) is 0 Å². The normalized spacial score (nSPS) is 12.1. The summed E-state index contributed by atoms with van der Waals surface area (Å²) in [6.45, 7) is 5.29. The fourth-order valence-electron chi connectivity index (χ4n) is 2.32. The average Bonchev–Trinajstić information content (AvgIpc) is 2.58. The van der Waals surface area contributed by atoms with E-state index in [-0.39, 0.29) is 17.2 Å². The van der Waals surface area contributed by atoms with Gasteiger partial charge in [-0.1, -0.05) is 51.1 Å². The molecule has 2 aromatic carbocycles. The number of anilines is 2. The molecule has 0 bridgehead atoms. The maximum Gasteiger partial charge on any atom is 0.330 e. The first-order chi connectivity index (χ1) is 12.6. The molecule has 0 spiro atoms. The van der Waals surface area contributed by atoms with Crippen LogP contribution in [0.25, 0.3) is 0 Å². The summed E-state index contributed by atoms with van der Waals surface area (Å²) in [7, 11) is 0. The van der Waals surface area contributed by atoms with Crippen molar-refractivity contribution in [1.29, 1.82) is 0 Å². The van der Waals surface area contributed by atoms with E-state index < -0.39 is 23.3 Å². The number of hydrogen-bond acceptors (Lipinski definition) is 4. The maximum absolute atomic E-state index is 12.6. The second-order valence-corrected chi connectivity index (χ2v) is 7.20. The predicted octanol–water partition coefficient (Wildman–Crippen LogP) is 2.81. The first-order valence-electron chi connectivity index (χ1n) is 8.38. The van der Waals surface area contributed by atoms with Crippen molar-refractivity contribution in [3.05, 3.63) is 59.7 Å². The number of carbonyl (C=O) groups excluding carboxylic acids is 2. The van der Waals surface area contributed by atoms with E-state index in [2.05, 4.69) is 10.6 Å². The molecule has 1 atom stereocenters. The minimum atomic E-state index is -1.20. The third-order valence-electron chi connectivity index (χ3n) is 3.81. The summed E-state index contributed by atoms with van der Waals surface area (Å²) >= 11 is 0. The summed E-state index contributed by atoms with van der Waals surface area (Å²) in [4.78, 5) is 36.3. The predicted molar refractivity (Wildman–Crippen MR) is 103 cm³/mol. The molecule has 0 saturated carbocycles. The van der Waals surface area contributed by atoms with Crippen LogP contribution < -0.4 is 16.4 Å². The van der Waals surface area contributed by atoms with Gasteiger partial charge >= 0.3 is 5.97 Å². The molecule has 27 heavy (non-hydrogen) atoms. The van der Waals surface area contributed by atoms with Crippen molar-refractivity contribution in [1.82, 2.24) is 5.32 Å². The van der Waals surface area contributed by atoms with Crippen LogP contribution in [-0.4, -0.2) is 22.9 Å². The minimum absolute atomic E-state index is 0.154. The van der Waals surface area contributed by atoms with Gasteiger partial charge in [0.25, 0.3) is 5.91 Å². The summed E-state index contributed by atoms with van der Waals surface area (Å²) in [5.41, 5.74) is 6.47. The van der Waals surface area contributed by atoms with Crippen LogP contribution in [0.3, 0.4) is 0 Å². The molecule has 142 valence electrons. The fraction of sp³-hybridized carbons (Fsp3) is 0.250. The van der Waals surface area contributed by atoms with Crippen LogP contribution in [0.5, 0.6) is 0 Å². The molecule has 5 N–H and O–H groups in total. The first kappa shape index (κ1) is 20.0. The quantitative estimate of drug-likeness (QED) is 0.604. The van der Waals surface area contributed by atoms with E-state index in [1.54, 1.807) is 51.1 Å². The molecule has 0 saturated heterocycles. The Bertz CT molecular complexity index is 857. The van der Waals surface area contributed by atoms with Crippen molar-refractivity contribution in [2.24, 2.45) is 5.41 Å². The van der Waals surface area contributed by atoms with Crippen molar-refractivity contribution in [2.75, 3.05) is 11.1 Å². The van der Waals surface area contributed by atoms with Gasteiger partial charge in [0.1, 0.15) is 0 Å². The Balaban J connectivity index is 2.25. The second-order valence-electron chi connectivity index (χ2n) is 7.20. The molecule has 0 heterocycles.